The molecule has 3 amide bonds. The predicted octanol–water partition coefficient (Wildman–Crippen LogP) is 4.54. The lowest BCUT2D eigenvalue weighted by atomic mass is 9.90. The zero-order valence-corrected chi connectivity index (χ0v) is 24.2. The van der Waals surface area contributed by atoms with Crippen LogP contribution in [0.15, 0.2) is 36.0 Å². The van der Waals surface area contributed by atoms with Crippen molar-refractivity contribution in [1.29, 1.82) is 0 Å². The number of anilines is 2. The quantitative estimate of drug-likeness (QED) is 0.248. The van der Waals surface area contributed by atoms with Gasteiger partial charge < -0.3 is 20.9 Å². The first-order valence-electron chi connectivity index (χ1n) is 13.9. The molecule has 2 aromatic rings. The number of halogens is 4. The highest BCUT2D eigenvalue weighted by molar-refractivity contribution is 6.01. The molecule has 0 spiro atoms. The number of carbonyl (C=O) groups excluding carboxylic acids is 3. The molecule has 1 fully saturated rings. The zero-order chi connectivity index (χ0) is 30.9. The van der Waals surface area contributed by atoms with E-state index in [2.05, 4.69) is 15.7 Å². The SMILES string of the molecule is CC(C(=O)NCC(F)(F)F)c1cc(F)c(NC(=O)[C@@H](NC(=O)c2ccnn2C(C)C)C(C2=CC2)C2CC2)cc1N(C)C. The lowest BCUT2D eigenvalue weighted by Crippen LogP contribution is -2.49. The summed E-state index contributed by atoms with van der Waals surface area (Å²) in [5.74, 6) is -3.99. The average Bonchev–Trinajstić information content (AvgIpc) is 3.85. The van der Waals surface area contributed by atoms with Crippen molar-refractivity contribution in [1.82, 2.24) is 20.4 Å². The molecule has 0 saturated heterocycles. The number of carbonyl (C=O) groups is 3. The van der Waals surface area contributed by atoms with E-state index >= 15 is 4.39 Å². The van der Waals surface area contributed by atoms with Crippen molar-refractivity contribution in [3.8, 4) is 0 Å². The summed E-state index contributed by atoms with van der Waals surface area (Å²) in [5.41, 5.74) is 1.68. The van der Waals surface area contributed by atoms with E-state index in [1.54, 1.807) is 29.7 Å². The lowest BCUT2D eigenvalue weighted by molar-refractivity contribution is -0.139. The van der Waals surface area contributed by atoms with Gasteiger partial charge in [-0.2, -0.15) is 18.3 Å². The first-order valence-corrected chi connectivity index (χ1v) is 13.9. The van der Waals surface area contributed by atoms with Crippen LogP contribution in [-0.4, -0.2) is 60.4 Å². The minimum atomic E-state index is -4.59. The van der Waals surface area contributed by atoms with Gasteiger partial charge in [0.25, 0.3) is 5.91 Å². The van der Waals surface area contributed by atoms with Gasteiger partial charge in [-0.15, -0.1) is 0 Å². The van der Waals surface area contributed by atoms with Gasteiger partial charge in [-0.3, -0.25) is 19.1 Å². The van der Waals surface area contributed by atoms with Gasteiger partial charge in [0.1, 0.15) is 24.1 Å². The molecule has 1 heterocycles. The van der Waals surface area contributed by atoms with E-state index in [1.165, 1.54) is 19.2 Å². The molecule has 3 N–H and O–H groups in total. The Hall–Kier alpha value is -3.90. The summed E-state index contributed by atoms with van der Waals surface area (Å²) in [6, 6.07) is 2.88. The highest BCUT2D eigenvalue weighted by atomic mass is 19.4. The summed E-state index contributed by atoms with van der Waals surface area (Å²) < 4.78 is 54.8. The van der Waals surface area contributed by atoms with Gasteiger partial charge in [-0.1, -0.05) is 11.6 Å². The van der Waals surface area contributed by atoms with Gasteiger partial charge >= 0.3 is 6.18 Å². The molecule has 2 aliphatic carbocycles. The molecule has 0 bridgehead atoms. The van der Waals surface area contributed by atoms with E-state index in [0.29, 0.717) is 11.4 Å². The van der Waals surface area contributed by atoms with E-state index in [0.717, 1.165) is 30.9 Å². The van der Waals surface area contributed by atoms with Gasteiger partial charge in [0.2, 0.25) is 11.8 Å². The van der Waals surface area contributed by atoms with Gasteiger partial charge in [-0.25, -0.2) is 4.39 Å². The zero-order valence-electron chi connectivity index (χ0n) is 24.2. The summed E-state index contributed by atoms with van der Waals surface area (Å²) in [6.45, 7) is 3.63. The Morgan fingerprint density at radius 2 is 1.79 bits per heavy atom. The number of nitrogens with zero attached hydrogens (tertiary/aromatic N) is 3. The molecule has 4 rings (SSSR count). The Balaban J connectivity index is 1.60. The standard InChI is InChI=1S/C29H36F4N6O3/c1-15(2)39-22(10-11-35-39)27(41)37-25(24(17-6-7-17)18-8-9-18)28(42)36-21-13-23(38(4)5)19(12-20(21)30)16(3)26(40)34-14-29(31,32)33/h6,10-13,15-16,18,24-25H,7-9,14H2,1-5H3,(H,34,40)(H,36,42)(H,37,41)/t16?,24?,25-/m0/s1. The normalized spacial score (nSPS) is 16.8. The summed E-state index contributed by atoms with van der Waals surface area (Å²) >= 11 is 0. The average molecular weight is 593 g/mol. The van der Waals surface area contributed by atoms with Crippen LogP contribution in [0, 0.1) is 17.7 Å². The molecule has 42 heavy (non-hydrogen) atoms. The van der Waals surface area contributed by atoms with Crippen LogP contribution >= 0.6 is 0 Å². The number of rotatable bonds is 12. The molecular weight excluding hydrogens is 556 g/mol. The maximum Gasteiger partial charge on any atom is 0.405 e. The fourth-order valence-electron chi connectivity index (χ4n) is 5.11. The smallest absolute Gasteiger partial charge is 0.377 e. The van der Waals surface area contributed by atoms with Crippen LogP contribution in [0.1, 0.15) is 68.0 Å². The van der Waals surface area contributed by atoms with E-state index in [-0.39, 0.29) is 29.1 Å². The first kappa shape index (κ1) is 31.0. The number of alkyl halides is 3. The van der Waals surface area contributed by atoms with Gasteiger partial charge in [0.15, 0.2) is 0 Å². The molecule has 228 valence electrons. The largest absolute Gasteiger partial charge is 0.405 e. The molecule has 2 aliphatic rings. The summed E-state index contributed by atoms with van der Waals surface area (Å²) in [7, 11) is 3.26. The Morgan fingerprint density at radius 1 is 1.12 bits per heavy atom. The van der Waals surface area contributed by atoms with Crippen molar-refractivity contribution < 1.29 is 31.9 Å². The Morgan fingerprint density at radius 3 is 2.33 bits per heavy atom. The predicted molar refractivity (Wildman–Crippen MR) is 150 cm³/mol. The Bertz CT molecular complexity index is 1380. The van der Waals surface area contributed by atoms with E-state index in [9.17, 15) is 27.6 Å². The third-order valence-corrected chi connectivity index (χ3v) is 7.50. The van der Waals surface area contributed by atoms with Crippen molar-refractivity contribution in [2.75, 3.05) is 30.9 Å². The third kappa shape index (κ3) is 7.29. The fourth-order valence-corrected chi connectivity index (χ4v) is 5.11. The van der Waals surface area contributed by atoms with Gasteiger partial charge in [0, 0.05) is 37.9 Å². The second-order valence-corrected chi connectivity index (χ2v) is 11.4. The molecule has 3 atom stereocenters. The molecule has 9 nitrogen and oxygen atoms in total. The van der Waals surface area contributed by atoms with Gasteiger partial charge in [-0.05, 0) is 69.7 Å². The van der Waals surface area contributed by atoms with E-state index in [1.807, 2.05) is 25.2 Å². The Kier molecular flexibility index (Phi) is 8.98. The number of benzene rings is 1. The number of aromatic nitrogens is 2. The van der Waals surface area contributed by atoms with Crippen LogP contribution in [-0.2, 0) is 9.59 Å². The molecule has 13 heteroatoms. The van der Waals surface area contributed by atoms with Crippen LogP contribution in [0.5, 0.6) is 0 Å². The highest BCUT2D eigenvalue weighted by Crippen LogP contribution is 2.47. The van der Waals surface area contributed by atoms with Crippen molar-refractivity contribution in [2.45, 2.75) is 64.2 Å². The van der Waals surface area contributed by atoms with Gasteiger partial charge in [0.05, 0.1) is 11.6 Å². The van der Waals surface area contributed by atoms with Crippen LogP contribution in [0.25, 0.3) is 0 Å². The second-order valence-electron chi connectivity index (χ2n) is 11.4. The number of nitrogens with one attached hydrogen (secondary N) is 3. The molecule has 0 aliphatic heterocycles. The molecule has 1 saturated carbocycles. The van der Waals surface area contributed by atoms with Crippen LogP contribution in [0.3, 0.4) is 0 Å². The van der Waals surface area contributed by atoms with Crippen molar-refractivity contribution in [3.05, 3.63) is 53.1 Å². The first-order chi connectivity index (χ1) is 19.7. The molecular formula is C29H36F4N6O3. The molecule has 2 unspecified atom stereocenters. The maximum atomic E-state index is 15.4. The summed E-state index contributed by atoms with van der Waals surface area (Å²) in [5, 5.41) is 11.5. The second kappa shape index (κ2) is 12.1. The van der Waals surface area contributed by atoms with E-state index in [4.69, 9.17) is 0 Å². The molecule has 0 radical (unpaired) electrons. The summed E-state index contributed by atoms with van der Waals surface area (Å²) in [6.07, 6.45) is 1.50. The van der Waals surface area contributed by atoms with E-state index < -0.39 is 48.2 Å². The van der Waals surface area contributed by atoms with Crippen molar-refractivity contribution >= 4 is 29.1 Å². The third-order valence-electron chi connectivity index (χ3n) is 7.50. The molecule has 1 aromatic heterocycles. The number of amides is 3. The number of hydrogen-bond acceptors (Lipinski definition) is 5. The monoisotopic (exact) mass is 592 g/mol. The fraction of sp³-hybridized carbons (Fsp3) is 0.517. The topological polar surface area (TPSA) is 108 Å². The van der Waals surface area contributed by atoms with Crippen LogP contribution in [0.4, 0.5) is 28.9 Å². The van der Waals surface area contributed by atoms with Crippen molar-refractivity contribution in [2.24, 2.45) is 11.8 Å². The number of allylic oxidation sites excluding steroid dienone is 1. The minimum absolute atomic E-state index is 0.0894. The Labute approximate surface area is 241 Å². The van der Waals surface area contributed by atoms with Crippen LogP contribution in [0.2, 0.25) is 0 Å². The summed E-state index contributed by atoms with van der Waals surface area (Å²) in [4.78, 5) is 41.1. The minimum Gasteiger partial charge on any atom is -0.377 e. The highest BCUT2D eigenvalue weighted by Gasteiger charge is 2.45. The van der Waals surface area contributed by atoms with Crippen LogP contribution < -0.4 is 20.9 Å². The maximum absolute atomic E-state index is 15.4. The molecule has 1 aromatic carbocycles. The van der Waals surface area contributed by atoms with Crippen molar-refractivity contribution in [3.63, 3.8) is 0 Å². The number of hydrogen-bond donors (Lipinski definition) is 3. The lowest BCUT2D eigenvalue weighted by Gasteiger charge is -2.27.